The number of aromatic carboxylic acids is 1. The molecule has 2 aliphatic rings. The lowest BCUT2D eigenvalue weighted by Crippen LogP contribution is -2.46. The van der Waals surface area contributed by atoms with Gasteiger partial charge in [0.25, 0.3) is 5.91 Å². The van der Waals surface area contributed by atoms with Crippen LogP contribution in [0.15, 0.2) is 30.9 Å². The van der Waals surface area contributed by atoms with Gasteiger partial charge in [0.05, 0.1) is 17.5 Å². The summed E-state index contributed by atoms with van der Waals surface area (Å²) in [6, 6.07) is 3.02. The number of anilines is 1. The Labute approximate surface area is 209 Å². The summed E-state index contributed by atoms with van der Waals surface area (Å²) in [4.78, 5) is 50.6. The molecular weight excluding hydrogens is 478 g/mol. The number of hydrogen-bond acceptors (Lipinski definition) is 9. The highest BCUT2D eigenvalue weighted by Crippen LogP contribution is 2.45. The van der Waals surface area contributed by atoms with Crippen LogP contribution >= 0.6 is 0 Å². The van der Waals surface area contributed by atoms with E-state index in [0.717, 1.165) is 12.8 Å². The molecule has 0 saturated carbocycles. The number of rotatable bonds is 5. The van der Waals surface area contributed by atoms with E-state index in [1.165, 1.54) is 30.0 Å². The molecule has 2 aliphatic heterocycles. The van der Waals surface area contributed by atoms with Crippen molar-refractivity contribution in [1.82, 2.24) is 39.7 Å². The van der Waals surface area contributed by atoms with Crippen molar-refractivity contribution in [3.05, 3.63) is 53.6 Å². The molecule has 2 fully saturated rings. The Bertz CT molecular complexity index is 1530. The minimum Gasteiger partial charge on any atom is -0.477 e. The van der Waals surface area contributed by atoms with Crippen LogP contribution in [0.5, 0.6) is 0 Å². The first-order valence-electron chi connectivity index (χ1n) is 11.9. The van der Waals surface area contributed by atoms with E-state index in [1.54, 1.807) is 12.3 Å². The fourth-order valence-corrected chi connectivity index (χ4v) is 5.74. The first-order chi connectivity index (χ1) is 17.8. The minimum absolute atomic E-state index is 0.0162. The summed E-state index contributed by atoms with van der Waals surface area (Å²) < 4.78 is 1.43. The van der Waals surface area contributed by atoms with Crippen LogP contribution in [0.4, 0.5) is 5.82 Å². The van der Waals surface area contributed by atoms with Crippen molar-refractivity contribution in [3.63, 3.8) is 0 Å². The number of pyridine rings is 1. The molecular formula is C24H23N9O4. The zero-order chi connectivity index (χ0) is 25.8. The van der Waals surface area contributed by atoms with Gasteiger partial charge in [-0.1, -0.05) is 6.07 Å². The van der Waals surface area contributed by atoms with Gasteiger partial charge in [-0.3, -0.25) is 9.59 Å². The van der Waals surface area contributed by atoms with E-state index in [0.29, 0.717) is 40.9 Å². The van der Waals surface area contributed by atoms with E-state index in [2.05, 4.69) is 25.3 Å². The molecule has 0 aliphatic carbocycles. The first kappa shape index (κ1) is 22.8. The van der Waals surface area contributed by atoms with Crippen LogP contribution in [0.2, 0.25) is 0 Å². The number of aromatic amines is 1. The van der Waals surface area contributed by atoms with Crippen molar-refractivity contribution in [2.45, 2.75) is 50.6 Å². The minimum atomic E-state index is -1.12. The molecule has 0 radical (unpaired) electrons. The second kappa shape index (κ2) is 8.47. The van der Waals surface area contributed by atoms with Crippen LogP contribution < -0.4 is 5.73 Å². The van der Waals surface area contributed by atoms with Crippen LogP contribution in [0, 0.1) is 0 Å². The molecule has 13 nitrogen and oxygen atoms in total. The Morgan fingerprint density at radius 2 is 1.89 bits per heavy atom. The van der Waals surface area contributed by atoms with Gasteiger partial charge in [0, 0.05) is 35.3 Å². The van der Waals surface area contributed by atoms with E-state index in [4.69, 9.17) is 15.8 Å². The number of nitrogens with two attached hydrogens (primary N) is 1. The molecule has 0 spiro atoms. The van der Waals surface area contributed by atoms with Gasteiger partial charge in [0.15, 0.2) is 11.4 Å². The fourth-order valence-electron chi connectivity index (χ4n) is 5.74. The van der Waals surface area contributed by atoms with Crippen LogP contribution in [-0.2, 0) is 0 Å². The number of ketones is 1. The third-order valence-electron chi connectivity index (χ3n) is 7.33. The maximum Gasteiger partial charge on any atom is 0.354 e. The van der Waals surface area contributed by atoms with E-state index < -0.39 is 5.97 Å². The van der Waals surface area contributed by atoms with Crippen LogP contribution in [0.25, 0.3) is 16.8 Å². The summed E-state index contributed by atoms with van der Waals surface area (Å²) in [5.41, 5.74) is 9.02. The average molecular weight is 502 g/mol. The summed E-state index contributed by atoms with van der Waals surface area (Å²) in [7, 11) is 0. The molecule has 6 heterocycles. The Balaban J connectivity index is 1.40. The summed E-state index contributed by atoms with van der Waals surface area (Å²) in [6.07, 6.45) is 7.39. The summed E-state index contributed by atoms with van der Waals surface area (Å²) >= 11 is 0. The van der Waals surface area contributed by atoms with Gasteiger partial charge < -0.3 is 20.7 Å². The Morgan fingerprint density at radius 1 is 1.14 bits per heavy atom. The molecule has 4 aromatic rings. The highest BCUT2D eigenvalue weighted by molar-refractivity contribution is 6.00. The fraction of sp³-hybridized carbons (Fsp3) is 0.333. The maximum absolute atomic E-state index is 13.0. The normalized spacial score (nSPS) is 20.9. The maximum atomic E-state index is 13.0. The number of carboxylic acids is 1. The van der Waals surface area contributed by atoms with Crippen LogP contribution in [0.1, 0.15) is 75.7 Å². The molecule has 0 aromatic carbocycles. The van der Waals surface area contributed by atoms with Crippen LogP contribution in [-0.4, -0.2) is 74.5 Å². The smallest absolute Gasteiger partial charge is 0.354 e. The van der Waals surface area contributed by atoms with E-state index in [-0.39, 0.29) is 47.0 Å². The number of amides is 1. The third-order valence-corrected chi connectivity index (χ3v) is 7.33. The number of aromatic nitrogens is 7. The van der Waals surface area contributed by atoms with Crippen molar-refractivity contribution in [3.8, 4) is 11.1 Å². The van der Waals surface area contributed by atoms with Gasteiger partial charge in [-0.05, 0) is 38.7 Å². The molecule has 188 valence electrons. The number of Topliss-reactive ketones (excluding diaryl/α,β-unsaturated/α-hetero) is 1. The van der Waals surface area contributed by atoms with E-state index >= 15 is 0 Å². The molecule has 3 atom stereocenters. The number of carbonyl (C=O) groups excluding carboxylic acids is 2. The summed E-state index contributed by atoms with van der Waals surface area (Å²) in [5.74, 6) is -1.17. The Kier molecular flexibility index (Phi) is 5.21. The second-order valence-corrected chi connectivity index (χ2v) is 9.45. The molecule has 4 aromatic heterocycles. The number of nitrogens with one attached hydrogen (secondary N) is 1. The third kappa shape index (κ3) is 3.61. The van der Waals surface area contributed by atoms with Gasteiger partial charge in [-0.2, -0.15) is 9.61 Å². The number of hydrogen-bond donors (Lipinski definition) is 3. The molecule has 1 unspecified atom stereocenters. The molecule has 4 N–H and O–H groups in total. The number of H-pyrrole nitrogens is 1. The van der Waals surface area contributed by atoms with Gasteiger partial charge in [-0.25, -0.2) is 14.8 Å². The number of carboxylic acid groups (broad SMARTS) is 1. The largest absolute Gasteiger partial charge is 0.477 e. The van der Waals surface area contributed by atoms with Crippen molar-refractivity contribution in [1.29, 1.82) is 0 Å². The van der Waals surface area contributed by atoms with Gasteiger partial charge in [0.2, 0.25) is 5.82 Å². The number of piperidine rings is 1. The zero-order valence-corrected chi connectivity index (χ0v) is 19.8. The number of carbonyl (C=O) groups is 3. The highest BCUT2D eigenvalue weighted by Gasteiger charge is 2.45. The van der Waals surface area contributed by atoms with Crippen molar-refractivity contribution in [2.75, 3.05) is 5.73 Å². The second-order valence-electron chi connectivity index (χ2n) is 9.45. The average Bonchev–Trinajstić information content (AvgIpc) is 3.62. The lowest BCUT2D eigenvalue weighted by atomic mass is 9.85. The van der Waals surface area contributed by atoms with Crippen molar-refractivity contribution < 1.29 is 19.5 Å². The number of nitrogens with zero attached hydrogens (tertiary/aromatic N) is 7. The van der Waals surface area contributed by atoms with Gasteiger partial charge in [0.1, 0.15) is 17.8 Å². The number of fused-ring (bicyclic) bond motifs is 3. The number of nitrogen functional groups attached to an aromatic ring is 1. The Morgan fingerprint density at radius 3 is 2.49 bits per heavy atom. The van der Waals surface area contributed by atoms with E-state index in [1.807, 2.05) is 4.90 Å². The predicted molar refractivity (Wildman–Crippen MR) is 129 cm³/mol. The summed E-state index contributed by atoms with van der Waals surface area (Å²) in [6.45, 7) is 1.46. The zero-order valence-electron chi connectivity index (χ0n) is 19.8. The molecule has 13 heteroatoms. The molecule has 2 bridgehead atoms. The predicted octanol–water partition coefficient (Wildman–Crippen LogP) is 1.94. The van der Waals surface area contributed by atoms with Crippen molar-refractivity contribution >= 4 is 29.1 Å². The molecule has 2 saturated heterocycles. The molecule has 6 rings (SSSR count). The first-order valence-corrected chi connectivity index (χ1v) is 11.9. The van der Waals surface area contributed by atoms with Crippen LogP contribution in [0.3, 0.4) is 0 Å². The highest BCUT2D eigenvalue weighted by atomic mass is 16.4. The van der Waals surface area contributed by atoms with E-state index in [9.17, 15) is 14.4 Å². The monoisotopic (exact) mass is 501 g/mol. The quantitative estimate of drug-likeness (QED) is 0.341. The standard InChI is InChI=1S/C24H23N9O4/c1-11(34)18-19(13-6-14-3-4-15(7-13)32(14)23(35)21-27-10-28-31-21)30-22-16(9-29-33(22)20(18)25)12-2-5-17(24(36)37)26-8-12/h2,5,8-10,13-15H,3-4,6-7,25H2,1H3,(H,36,37)(H,27,28,31)/t13-,14-,15?/m0/s1. The Hall–Kier alpha value is -4.68. The lowest BCUT2D eigenvalue weighted by Gasteiger charge is -2.38. The summed E-state index contributed by atoms with van der Waals surface area (Å²) in [5, 5.41) is 21.1. The molecule has 1 amide bonds. The topological polar surface area (TPSA) is 185 Å². The van der Waals surface area contributed by atoms with Gasteiger partial charge >= 0.3 is 5.97 Å². The molecule has 37 heavy (non-hydrogen) atoms. The van der Waals surface area contributed by atoms with Gasteiger partial charge in [-0.15, -0.1) is 10.2 Å². The lowest BCUT2D eigenvalue weighted by molar-refractivity contribution is 0.0555. The SMILES string of the molecule is CC(=O)c1c([C@@H]2CC3CC[C@@H](C2)N3C(=O)c2nnc[nH]2)nc2c(-c3ccc(C(=O)O)nc3)cnn2c1N. The van der Waals surface area contributed by atoms with Crippen molar-refractivity contribution in [2.24, 2.45) is 0 Å².